The van der Waals surface area contributed by atoms with Crippen LogP contribution in [0.4, 0.5) is 4.39 Å². The third-order valence-corrected chi connectivity index (χ3v) is 3.79. The van der Waals surface area contributed by atoms with Gasteiger partial charge in [-0.05, 0) is 51.3 Å². The smallest absolute Gasteiger partial charge is 0.137 e. The largest absolute Gasteiger partial charge is 0.497 e. The van der Waals surface area contributed by atoms with Gasteiger partial charge in [0.05, 0.1) is 24.7 Å². The second kappa shape index (κ2) is 6.89. The molecule has 0 aromatic heterocycles. The molecule has 112 valence electrons. The monoisotopic (exact) mass is 354 g/mol. The van der Waals surface area contributed by atoms with Crippen LogP contribution in [0.15, 0.2) is 40.9 Å². The number of hydrogen-bond acceptors (Lipinski definition) is 4. The average Bonchev–Trinajstić information content (AvgIpc) is 2.51. The standard InChI is InChI=1S/C15H16BrFN2O2/c1-20-11-5-10(6-12(8-11)21-2)15(19-18)9-3-4-13(16)14(17)7-9/h3-8,15,19H,18H2,1-2H3. The van der Waals surface area contributed by atoms with Crippen molar-refractivity contribution in [3.8, 4) is 11.5 Å². The summed E-state index contributed by atoms with van der Waals surface area (Å²) in [5, 5.41) is 0. The minimum absolute atomic E-state index is 0.345. The van der Waals surface area contributed by atoms with Crippen LogP contribution in [0.1, 0.15) is 17.2 Å². The number of ether oxygens (including phenoxy) is 2. The van der Waals surface area contributed by atoms with E-state index < -0.39 is 0 Å². The zero-order valence-electron chi connectivity index (χ0n) is 11.7. The topological polar surface area (TPSA) is 56.5 Å². The lowest BCUT2D eigenvalue weighted by molar-refractivity contribution is 0.392. The molecule has 0 fully saturated rings. The van der Waals surface area contributed by atoms with Crippen molar-refractivity contribution < 1.29 is 13.9 Å². The summed E-state index contributed by atoms with van der Waals surface area (Å²) in [6.45, 7) is 0. The van der Waals surface area contributed by atoms with Gasteiger partial charge in [0, 0.05) is 6.07 Å². The van der Waals surface area contributed by atoms with Gasteiger partial charge in [-0.15, -0.1) is 0 Å². The van der Waals surface area contributed by atoms with Crippen LogP contribution in [0.2, 0.25) is 0 Å². The maximum atomic E-state index is 13.7. The second-order valence-electron chi connectivity index (χ2n) is 4.42. The highest BCUT2D eigenvalue weighted by molar-refractivity contribution is 9.10. The van der Waals surface area contributed by atoms with Crippen LogP contribution in [0.25, 0.3) is 0 Å². The molecular weight excluding hydrogens is 339 g/mol. The molecule has 2 aromatic carbocycles. The predicted octanol–water partition coefficient (Wildman–Crippen LogP) is 3.16. The first-order valence-electron chi connectivity index (χ1n) is 6.23. The molecule has 0 amide bonds. The molecule has 0 spiro atoms. The van der Waals surface area contributed by atoms with Crippen molar-refractivity contribution in [2.45, 2.75) is 6.04 Å². The Labute approximate surface area is 131 Å². The fourth-order valence-electron chi connectivity index (χ4n) is 2.07. The van der Waals surface area contributed by atoms with E-state index in [2.05, 4.69) is 21.4 Å². The van der Waals surface area contributed by atoms with E-state index in [4.69, 9.17) is 15.3 Å². The summed E-state index contributed by atoms with van der Waals surface area (Å²) in [6, 6.07) is 9.91. The highest BCUT2D eigenvalue weighted by Gasteiger charge is 2.16. The molecule has 4 nitrogen and oxygen atoms in total. The van der Waals surface area contributed by atoms with Gasteiger partial charge in [-0.25, -0.2) is 9.82 Å². The van der Waals surface area contributed by atoms with Crippen LogP contribution >= 0.6 is 15.9 Å². The zero-order valence-corrected chi connectivity index (χ0v) is 13.3. The van der Waals surface area contributed by atoms with Gasteiger partial charge in [0.1, 0.15) is 17.3 Å². The predicted molar refractivity (Wildman–Crippen MR) is 82.8 cm³/mol. The van der Waals surface area contributed by atoms with Gasteiger partial charge in [-0.1, -0.05) is 6.07 Å². The van der Waals surface area contributed by atoms with E-state index in [0.717, 1.165) is 5.56 Å². The molecule has 0 aliphatic rings. The highest BCUT2D eigenvalue weighted by atomic mass is 79.9. The number of halogens is 2. The van der Waals surface area contributed by atoms with E-state index in [1.54, 1.807) is 32.4 Å². The first-order chi connectivity index (χ1) is 10.1. The molecular formula is C15H16BrFN2O2. The van der Waals surface area contributed by atoms with Gasteiger partial charge in [0.15, 0.2) is 0 Å². The van der Waals surface area contributed by atoms with Crippen LogP contribution in [0.5, 0.6) is 11.5 Å². The first-order valence-corrected chi connectivity index (χ1v) is 7.02. The molecule has 3 N–H and O–H groups in total. The van der Waals surface area contributed by atoms with Crippen molar-refractivity contribution in [3.05, 3.63) is 57.8 Å². The SMILES string of the molecule is COc1cc(OC)cc(C(NN)c2ccc(Br)c(F)c2)c1. The number of hydrazine groups is 1. The summed E-state index contributed by atoms with van der Waals surface area (Å²) in [6.07, 6.45) is 0. The van der Waals surface area contributed by atoms with E-state index in [9.17, 15) is 4.39 Å². The molecule has 6 heteroatoms. The molecule has 2 rings (SSSR count). The quantitative estimate of drug-likeness (QED) is 0.639. The number of methoxy groups -OCH3 is 2. The fourth-order valence-corrected chi connectivity index (χ4v) is 2.32. The Bertz CT molecular complexity index is 615. The summed E-state index contributed by atoms with van der Waals surface area (Å²) in [7, 11) is 3.14. The molecule has 2 aromatic rings. The van der Waals surface area contributed by atoms with Crippen LogP contribution in [0, 0.1) is 5.82 Å². The second-order valence-corrected chi connectivity index (χ2v) is 5.27. The summed E-state index contributed by atoms with van der Waals surface area (Å²) in [5.74, 6) is 6.58. The number of hydrogen-bond donors (Lipinski definition) is 2. The third-order valence-electron chi connectivity index (χ3n) is 3.15. The molecule has 0 aliphatic heterocycles. The molecule has 1 atom stereocenters. The Balaban J connectivity index is 2.47. The fraction of sp³-hybridized carbons (Fsp3) is 0.200. The van der Waals surface area contributed by atoms with Gasteiger partial charge in [-0.3, -0.25) is 5.84 Å². The molecule has 0 aliphatic carbocycles. The number of nitrogens with one attached hydrogen (secondary N) is 1. The normalized spacial score (nSPS) is 12.0. The van der Waals surface area contributed by atoms with Gasteiger partial charge in [-0.2, -0.15) is 0 Å². The maximum absolute atomic E-state index is 13.7. The van der Waals surface area contributed by atoms with Crippen LogP contribution in [-0.2, 0) is 0 Å². The first kappa shape index (κ1) is 15.8. The van der Waals surface area contributed by atoms with Gasteiger partial charge in [0.25, 0.3) is 0 Å². The number of benzene rings is 2. The summed E-state index contributed by atoms with van der Waals surface area (Å²) in [4.78, 5) is 0. The van der Waals surface area contributed by atoms with E-state index in [-0.39, 0.29) is 11.9 Å². The third kappa shape index (κ3) is 3.53. The van der Waals surface area contributed by atoms with E-state index in [1.807, 2.05) is 12.1 Å². The lowest BCUT2D eigenvalue weighted by Gasteiger charge is -2.19. The van der Waals surface area contributed by atoms with Crippen molar-refractivity contribution in [2.24, 2.45) is 5.84 Å². The Hall–Kier alpha value is -1.63. The van der Waals surface area contributed by atoms with Crippen molar-refractivity contribution in [3.63, 3.8) is 0 Å². The van der Waals surface area contributed by atoms with Gasteiger partial charge in [0.2, 0.25) is 0 Å². The van der Waals surface area contributed by atoms with Crippen LogP contribution in [0.3, 0.4) is 0 Å². The van der Waals surface area contributed by atoms with Crippen LogP contribution < -0.4 is 20.7 Å². The lowest BCUT2D eigenvalue weighted by atomic mass is 9.98. The average molecular weight is 355 g/mol. The summed E-state index contributed by atoms with van der Waals surface area (Å²) >= 11 is 3.14. The van der Waals surface area contributed by atoms with Crippen molar-refractivity contribution in [1.82, 2.24) is 5.43 Å². The Kier molecular flexibility index (Phi) is 5.17. The Morgan fingerprint density at radius 3 is 2.14 bits per heavy atom. The highest BCUT2D eigenvalue weighted by Crippen LogP contribution is 2.30. The number of rotatable bonds is 5. The molecule has 0 heterocycles. The molecule has 1 unspecified atom stereocenters. The molecule has 0 saturated heterocycles. The summed E-state index contributed by atoms with van der Waals surface area (Å²) < 4.78 is 24.6. The Morgan fingerprint density at radius 2 is 1.67 bits per heavy atom. The maximum Gasteiger partial charge on any atom is 0.137 e. The van der Waals surface area contributed by atoms with E-state index in [0.29, 0.717) is 21.5 Å². The molecule has 21 heavy (non-hydrogen) atoms. The molecule has 0 radical (unpaired) electrons. The minimum Gasteiger partial charge on any atom is -0.497 e. The lowest BCUT2D eigenvalue weighted by Crippen LogP contribution is -2.29. The van der Waals surface area contributed by atoms with Gasteiger partial charge < -0.3 is 9.47 Å². The van der Waals surface area contributed by atoms with Crippen molar-refractivity contribution >= 4 is 15.9 Å². The zero-order chi connectivity index (χ0) is 15.4. The van der Waals surface area contributed by atoms with Crippen molar-refractivity contribution in [1.29, 1.82) is 0 Å². The van der Waals surface area contributed by atoms with Gasteiger partial charge >= 0.3 is 0 Å². The summed E-state index contributed by atoms with van der Waals surface area (Å²) in [5.41, 5.74) is 4.21. The van der Waals surface area contributed by atoms with E-state index >= 15 is 0 Å². The molecule has 0 bridgehead atoms. The van der Waals surface area contributed by atoms with Crippen LogP contribution in [-0.4, -0.2) is 14.2 Å². The Morgan fingerprint density at radius 1 is 1.05 bits per heavy atom. The minimum atomic E-state index is -0.378. The van der Waals surface area contributed by atoms with Crippen molar-refractivity contribution in [2.75, 3.05) is 14.2 Å². The van der Waals surface area contributed by atoms with E-state index in [1.165, 1.54) is 6.07 Å². The molecule has 0 saturated carbocycles. The number of nitrogens with two attached hydrogens (primary N) is 1.